The SMILES string of the molecule is N[C@@]1(COP(=O)(O)O)CC[C@@H](c2ccc3c(c2)CC[C@H](OCCOCc2ccccc2)C3)C1. The minimum absolute atomic E-state index is 0.118. The highest BCUT2D eigenvalue weighted by atomic mass is 31.2. The van der Waals surface area contributed by atoms with E-state index < -0.39 is 13.4 Å². The lowest BCUT2D eigenvalue weighted by Gasteiger charge is -2.27. The number of benzene rings is 2. The number of aryl methyl sites for hydroxylation is 1. The van der Waals surface area contributed by atoms with Crippen LogP contribution in [0, 0.1) is 0 Å². The van der Waals surface area contributed by atoms with Crippen LogP contribution in [0.4, 0.5) is 0 Å². The monoisotopic (exact) mass is 475 g/mol. The molecule has 1 fully saturated rings. The van der Waals surface area contributed by atoms with Crippen LogP contribution in [0.5, 0.6) is 0 Å². The van der Waals surface area contributed by atoms with E-state index in [9.17, 15) is 4.57 Å². The molecule has 0 spiro atoms. The van der Waals surface area contributed by atoms with Crippen molar-refractivity contribution in [2.75, 3.05) is 19.8 Å². The molecule has 8 heteroatoms. The topological polar surface area (TPSA) is 111 Å². The zero-order chi connectivity index (χ0) is 23.3. The number of phosphoric ester groups is 1. The fourth-order valence-electron chi connectivity index (χ4n) is 4.96. The molecule has 1 saturated carbocycles. The summed E-state index contributed by atoms with van der Waals surface area (Å²) in [4.78, 5) is 17.9. The van der Waals surface area contributed by atoms with Crippen molar-refractivity contribution in [2.45, 2.75) is 62.7 Å². The van der Waals surface area contributed by atoms with Crippen molar-refractivity contribution in [3.05, 3.63) is 70.8 Å². The summed E-state index contributed by atoms with van der Waals surface area (Å²) in [5.41, 5.74) is 10.8. The van der Waals surface area contributed by atoms with Crippen molar-refractivity contribution >= 4 is 7.82 Å². The lowest BCUT2D eigenvalue weighted by Crippen LogP contribution is -2.41. The lowest BCUT2D eigenvalue weighted by molar-refractivity contribution is -0.00459. The summed E-state index contributed by atoms with van der Waals surface area (Å²) in [6.07, 6.45) is 5.37. The lowest BCUT2D eigenvalue weighted by atomic mass is 9.85. The summed E-state index contributed by atoms with van der Waals surface area (Å²) in [7, 11) is -4.50. The van der Waals surface area contributed by atoms with Gasteiger partial charge in [0.2, 0.25) is 0 Å². The molecule has 0 aliphatic heterocycles. The second-order valence-electron chi connectivity index (χ2n) is 9.37. The molecule has 0 unspecified atom stereocenters. The molecule has 2 aromatic carbocycles. The normalized spacial score (nSPS) is 25.2. The van der Waals surface area contributed by atoms with E-state index in [1.807, 2.05) is 18.2 Å². The largest absolute Gasteiger partial charge is 0.469 e. The van der Waals surface area contributed by atoms with Crippen LogP contribution >= 0.6 is 7.82 Å². The molecule has 180 valence electrons. The molecular formula is C25H34NO6P. The van der Waals surface area contributed by atoms with E-state index in [1.54, 1.807) is 0 Å². The average Bonchev–Trinajstić information content (AvgIpc) is 3.20. The molecule has 2 aromatic rings. The Morgan fingerprint density at radius 1 is 1.06 bits per heavy atom. The molecule has 3 atom stereocenters. The Morgan fingerprint density at radius 3 is 2.67 bits per heavy atom. The Morgan fingerprint density at radius 2 is 1.88 bits per heavy atom. The van der Waals surface area contributed by atoms with Crippen molar-refractivity contribution in [3.63, 3.8) is 0 Å². The third-order valence-corrected chi connectivity index (χ3v) is 7.21. The smallest absolute Gasteiger partial charge is 0.375 e. The van der Waals surface area contributed by atoms with Gasteiger partial charge in [0, 0.05) is 5.54 Å². The first-order valence-corrected chi connectivity index (χ1v) is 13.2. The molecule has 0 aromatic heterocycles. The Labute approximate surface area is 195 Å². The van der Waals surface area contributed by atoms with Gasteiger partial charge in [0.05, 0.1) is 32.5 Å². The van der Waals surface area contributed by atoms with Crippen molar-refractivity contribution in [1.29, 1.82) is 0 Å². The van der Waals surface area contributed by atoms with E-state index in [0.29, 0.717) is 32.7 Å². The standard InChI is InChI=1S/C25H34NO6P/c26-25(18-32-33(27,28)29)11-10-23(16-25)21-6-7-22-15-24(9-8-20(22)14-21)31-13-12-30-17-19-4-2-1-3-5-19/h1-7,14,23-24H,8-13,15-18,26H2,(H2,27,28,29)/t23-,24+,25+/m1/s1. The second kappa shape index (κ2) is 10.8. The van der Waals surface area contributed by atoms with Crippen LogP contribution in [0.3, 0.4) is 0 Å². The van der Waals surface area contributed by atoms with Gasteiger partial charge < -0.3 is 25.0 Å². The fourth-order valence-corrected chi connectivity index (χ4v) is 5.39. The molecule has 2 aliphatic rings. The van der Waals surface area contributed by atoms with Gasteiger partial charge in [-0.25, -0.2) is 4.57 Å². The Hall–Kier alpha value is -1.57. The second-order valence-corrected chi connectivity index (χ2v) is 10.6. The number of phosphoric acid groups is 1. The number of hydrogen-bond acceptors (Lipinski definition) is 5. The summed E-state index contributed by atoms with van der Waals surface area (Å²) in [6, 6.07) is 16.8. The van der Waals surface area contributed by atoms with Crippen molar-refractivity contribution < 1.29 is 28.3 Å². The number of rotatable bonds is 10. The van der Waals surface area contributed by atoms with E-state index in [2.05, 4.69) is 30.3 Å². The third kappa shape index (κ3) is 7.20. The van der Waals surface area contributed by atoms with Crippen molar-refractivity contribution in [2.24, 2.45) is 5.73 Å². The van der Waals surface area contributed by atoms with E-state index >= 15 is 0 Å². The summed E-state index contributed by atoms with van der Waals surface area (Å²) in [5.74, 6) is 0.288. The van der Waals surface area contributed by atoms with E-state index in [-0.39, 0.29) is 18.6 Å². The predicted molar refractivity (Wildman–Crippen MR) is 126 cm³/mol. The Kier molecular flexibility index (Phi) is 8.03. The maximum atomic E-state index is 11.0. The van der Waals surface area contributed by atoms with Gasteiger partial charge in [-0.1, -0.05) is 48.5 Å². The van der Waals surface area contributed by atoms with Gasteiger partial charge in [0.25, 0.3) is 0 Å². The van der Waals surface area contributed by atoms with Crippen molar-refractivity contribution in [3.8, 4) is 0 Å². The molecule has 2 aliphatic carbocycles. The number of ether oxygens (including phenoxy) is 2. The minimum atomic E-state index is -4.50. The Bertz CT molecular complexity index is 965. The van der Waals surface area contributed by atoms with Crippen LogP contribution < -0.4 is 5.73 Å². The quantitative estimate of drug-likeness (QED) is 0.354. The van der Waals surface area contributed by atoms with Gasteiger partial charge >= 0.3 is 7.82 Å². The zero-order valence-electron chi connectivity index (χ0n) is 18.9. The first kappa shape index (κ1) is 24.6. The van der Waals surface area contributed by atoms with E-state index in [1.165, 1.54) is 22.3 Å². The maximum absolute atomic E-state index is 11.0. The van der Waals surface area contributed by atoms with Gasteiger partial charge in [-0.15, -0.1) is 0 Å². The van der Waals surface area contributed by atoms with Crippen molar-refractivity contribution in [1.82, 2.24) is 0 Å². The molecule has 0 heterocycles. The molecule has 4 rings (SSSR count). The van der Waals surface area contributed by atoms with Gasteiger partial charge in [-0.2, -0.15) is 0 Å². The molecule has 0 amide bonds. The molecule has 7 nitrogen and oxygen atoms in total. The van der Waals surface area contributed by atoms with E-state index in [0.717, 1.165) is 25.7 Å². The van der Waals surface area contributed by atoms with Crippen LogP contribution in [0.2, 0.25) is 0 Å². The maximum Gasteiger partial charge on any atom is 0.469 e. The van der Waals surface area contributed by atoms with Gasteiger partial charge in [0.1, 0.15) is 0 Å². The van der Waals surface area contributed by atoms with Crippen LogP contribution in [0.15, 0.2) is 48.5 Å². The van der Waals surface area contributed by atoms with Crippen LogP contribution in [-0.2, 0) is 38.0 Å². The van der Waals surface area contributed by atoms with Gasteiger partial charge in [-0.3, -0.25) is 4.52 Å². The summed E-state index contributed by atoms with van der Waals surface area (Å²) < 4.78 is 27.5. The Balaban J connectivity index is 1.23. The zero-order valence-corrected chi connectivity index (χ0v) is 19.8. The number of nitrogens with two attached hydrogens (primary N) is 1. The first-order valence-electron chi connectivity index (χ1n) is 11.6. The average molecular weight is 476 g/mol. The van der Waals surface area contributed by atoms with Crippen LogP contribution in [0.1, 0.15) is 53.9 Å². The molecule has 0 saturated heterocycles. The summed E-state index contributed by atoms with van der Waals surface area (Å²) in [5, 5.41) is 0. The summed E-state index contributed by atoms with van der Waals surface area (Å²) >= 11 is 0. The third-order valence-electron chi connectivity index (χ3n) is 6.74. The van der Waals surface area contributed by atoms with E-state index in [4.69, 9.17) is 29.5 Å². The number of fused-ring (bicyclic) bond motifs is 1. The number of hydrogen-bond donors (Lipinski definition) is 3. The summed E-state index contributed by atoms with van der Waals surface area (Å²) in [6.45, 7) is 1.68. The van der Waals surface area contributed by atoms with Crippen LogP contribution in [0.25, 0.3) is 0 Å². The van der Waals surface area contributed by atoms with Gasteiger partial charge in [-0.05, 0) is 66.7 Å². The molecule has 33 heavy (non-hydrogen) atoms. The first-order chi connectivity index (χ1) is 15.8. The highest BCUT2D eigenvalue weighted by Gasteiger charge is 2.38. The van der Waals surface area contributed by atoms with Gasteiger partial charge in [0.15, 0.2) is 0 Å². The minimum Gasteiger partial charge on any atom is -0.375 e. The molecule has 4 N–H and O–H groups in total. The highest BCUT2D eigenvalue weighted by molar-refractivity contribution is 7.46. The molecular weight excluding hydrogens is 441 g/mol. The van der Waals surface area contributed by atoms with Crippen LogP contribution in [-0.4, -0.2) is 41.3 Å². The highest BCUT2D eigenvalue weighted by Crippen LogP contribution is 2.44. The fraction of sp³-hybridized carbons (Fsp3) is 0.520. The predicted octanol–water partition coefficient (Wildman–Crippen LogP) is 3.85. The molecule has 0 radical (unpaired) electrons. The molecule has 0 bridgehead atoms.